The minimum absolute atomic E-state index is 0.131. The number of ether oxygens (including phenoxy) is 1. The van der Waals surface area contributed by atoms with Crippen molar-refractivity contribution < 1.29 is 22.7 Å². The Hall–Kier alpha value is -2.45. The zero-order valence-electron chi connectivity index (χ0n) is 15.3. The van der Waals surface area contributed by atoms with Crippen molar-refractivity contribution in [2.45, 2.75) is 26.1 Å². The van der Waals surface area contributed by atoms with E-state index in [1.165, 1.54) is 10.9 Å². The van der Waals surface area contributed by atoms with Crippen molar-refractivity contribution in [1.82, 2.24) is 9.78 Å². The minimum atomic E-state index is -4.57. The molecule has 10 heteroatoms. The Morgan fingerprint density at radius 3 is 2.48 bits per heavy atom. The zero-order chi connectivity index (χ0) is 21.3. The number of carbonyl (C=O) groups excluding carboxylic acids is 1. The fraction of sp³-hybridized carbons (Fsp3) is 0.263. The maximum atomic E-state index is 13.0. The van der Waals surface area contributed by atoms with Crippen LogP contribution in [-0.4, -0.2) is 28.4 Å². The summed E-state index contributed by atoms with van der Waals surface area (Å²) in [5, 5.41) is 7.57. The van der Waals surface area contributed by atoms with Crippen LogP contribution in [0, 0.1) is 0 Å². The molecule has 3 aromatic rings. The van der Waals surface area contributed by atoms with Gasteiger partial charge in [-0.2, -0.15) is 18.3 Å². The molecule has 1 heterocycles. The van der Waals surface area contributed by atoms with Crippen LogP contribution in [0.1, 0.15) is 19.4 Å². The van der Waals surface area contributed by atoms with Crippen LogP contribution < -0.4 is 5.32 Å². The van der Waals surface area contributed by atoms with E-state index in [1.54, 1.807) is 32.0 Å². The zero-order valence-corrected chi connectivity index (χ0v) is 16.9. The largest absolute Gasteiger partial charge is 0.464 e. The molecule has 3 rings (SSSR count). The monoisotopic (exact) mass is 445 g/mol. The maximum Gasteiger partial charge on any atom is 0.416 e. The number of rotatable bonds is 5. The number of esters is 1. The molecule has 29 heavy (non-hydrogen) atoms. The highest BCUT2D eigenvalue weighted by Gasteiger charge is 2.32. The van der Waals surface area contributed by atoms with E-state index in [1.807, 2.05) is 0 Å². The van der Waals surface area contributed by atoms with Crippen LogP contribution in [0.4, 0.5) is 18.9 Å². The van der Waals surface area contributed by atoms with Crippen molar-refractivity contribution in [2.24, 2.45) is 0 Å². The molecule has 0 radical (unpaired) electrons. The first kappa shape index (κ1) is 21.3. The summed E-state index contributed by atoms with van der Waals surface area (Å²) in [7, 11) is 0. The number of benzene rings is 2. The molecule has 0 amide bonds. The van der Waals surface area contributed by atoms with Crippen LogP contribution in [0.3, 0.4) is 0 Å². The molecule has 0 saturated carbocycles. The molecule has 1 atom stereocenters. The van der Waals surface area contributed by atoms with Crippen molar-refractivity contribution in [3.63, 3.8) is 0 Å². The summed E-state index contributed by atoms with van der Waals surface area (Å²) in [6, 6.07) is 6.22. The van der Waals surface area contributed by atoms with Gasteiger partial charge in [-0.25, -0.2) is 9.48 Å². The van der Waals surface area contributed by atoms with Gasteiger partial charge in [0.2, 0.25) is 0 Å². The smallest absolute Gasteiger partial charge is 0.416 e. The molecule has 0 spiro atoms. The average molecular weight is 446 g/mol. The Labute approximate surface area is 174 Å². The van der Waals surface area contributed by atoms with Gasteiger partial charge in [0.1, 0.15) is 11.7 Å². The van der Waals surface area contributed by atoms with Crippen molar-refractivity contribution in [1.29, 1.82) is 0 Å². The van der Waals surface area contributed by atoms with Crippen LogP contribution in [0.5, 0.6) is 0 Å². The van der Waals surface area contributed by atoms with Gasteiger partial charge in [0.05, 0.1) is 33.9 Å². The van der Waals surface area contributed by atoms with Crippen LogP contribution in [-0.2, 0) is 15.7 Å². The van der Waals surface area contributed by atoms with Gasteiger partial charge in [-0.3, -0.25) is 0 Å². The highest BCUT2D eigenvalue weighted by Crippen LogP contribution is 2.38. The summed E-state index contributed by atoms with van der Waals surface area (Å²) >= 11 is 12.2. The number of anilines is 1. The van der Waals surface area contributed by atoms with Gasteiger partial charge >= 0.3 is 12.1 Å². The minimum Gasteiger partial charge on any atom is -0.464 e. The number of halogens is 5. The third-order valence-corrected chi connectivity index (χ3v) is 4.73. The van der Waals surface area contributed by atoms with Gasteiger partial charge in [0.25, 0.3) is 0 Å². The van der Waals surface area contributed by atoms with Gasteiger partial charge in [-0.15, -0.1) is 0 Å². The standard InChI is InChI=1S/C19H16Cl2F3N3O2/c1-3-29-18(28)10(2)26-13-5-4-11-9-25-27(16(11)8-13)17-14(20)6-12(7-15(17)21)19(22,23)24/h4-10,26H,3H2,1-2H3. The molecule has 1 unspecified atom stereocenters. The summed E-state index contributed by atoms with van der Waals surface area (Å²) in [5.41, 5.74) is 0.332. The Kier molecular flexibility index (Phi) is 5.95. The van der Waals surface area contributed by atoms with E-state index >= 15 is 0 Å². The molecule has 1 N–H and O–H groups in total. The molecule has 0 aliphatic rings. The summed E-state index contributed by atoms with van der Waals surface area (Å²) in [5.74, 6) is -0.407. The topological polar surface area (TPSA) is 56.1 Å². The highest BCUT2D eigenvalue weighted by molar-refractivity contribution is 6.38. The normalized spacial score (nSPS) is 12.8. The third kappa shape index (κ3) is 4.43. The third-order valence-electron chi connectivity index (χ3n) is 4.15. The highest BCUT2D eigenvalue weighted by atomic mass is 35.5. The maximum absolute atomic E-state index is 13.0. The first-order chi connectivity index (χ1) is 13.6. The van der Waals surface area contributed by atoms with Gasteiger partial charge in [0.15, 0.2) is 0 Å². The fourth-order valence-corrected chi connectivity index (χ4v) is 3.44. The molecule has 1 aromatic heterocycles. The SMILES string of the molecule is CCOC(=O)C(C)Nc1ccc2cnn(-c3c(Cl)cc(C(F)(F)F)cc3Cl)c2c1. The van der Waals surface area contributed by atoms with Crippen LogP contribution >= 0.6 is 23.2 Å². The first-order valence-electron chi connectivity index (χ1n) is 8.59. The van der Waals surface area contributed by atoms with Crippen molar-refractivity contribution in [3.05, 3.63) is 52.1 Å². The predicted octanol–water partition coefficient (Wildman–Crippen LogP) is 5.71. The average Bonchev–Trinajstić information content (AvgIpc) is 3.03. The van der Waals surface area contributed by atoms with E-state index in [-0.39, 0.29) is 22.3 Å². The lowest BCUT2D eigenvalue weighted by atomic mass is 10.2. The predicted molar refractivity (Wildman–Crippen MR) is 106 cm³/mol. The number of alkyl halides is 3. The Balaban J connectivity index is 2.02. The van der Waals surface area contributed by atoms with Gasteiger partial charge in [-0.1, -0.05) is 23.2 Å². The van der Waals surface area contributed by atoms with E-state index in [2.05, 4.69) is 10.4 Å². The van der Waals surface area contributed by atoms with Crippen LogP contribution in [0.25, 0.3) is 16.6 Å². The molecule has 154 valence electrons. The summed E-state index contributed by atoms with van der Waals surface area (Å²) < 4.78 is 45.3. The van der Waals surface area contributed by atoms with Crippen molar-refractivity contribution in [3.8, 4) is 5.69 Å². The second kappa shape index (κ2) is 8.12. The molecule has 0 aliphatic heterocycles. The number of hydrogen-bond donors (Lipinski definition) is 1. The van der Waals surface area contributed by atoms with Crippen molar-refractivity contribution >= 4 is 45.8 Å². The number of fused-ring (bicyclic) bond motifs is 1. The fourth-order valence-electron chi connectivity index (χ4n) is 2.79. The Bertz CT molecular complexity index is 1040. The van der Waals surface area contributed by atoms with E-state index in [4.69, 9.17) is 27.9 Å². The first-order valence-corrected chi connectivity index (χ1v) is 9.35. The van der Waals surface area contributed by atoms with Crippen LogP contribution in [0.15, 0.2) is 36.5 Å². The van der Waals surface area contributed by atoms with Gasteiger partial charge in [-0.05, 0) is 44.2 Å². The molecule has 0 bridgehead atoms. The number of hydrogen-bond acceptors (Lipinski definition) is 4. The second-order valence-electron chi connectivity index (χ2n) is 6.23. The number of nitrogens with zero attached hydrogens (tertiary/aromatic N) is 2. The number of aromatic nitrogens is 2. The van der Waals surface area contributed by atoms with E-state index < -0.39 is 23.8 Å². The molecule has 2 aromatic carbocycles. The molecule has 0 aliphatic carbocycles. The molecule has 0 saturated heterocycles. The van der Waals surface area contributed by atoms with Gasteiger partial charge in [0, 0.05) is 11.1 Å². The van der Waals surface area contributed by atoms with Crippen molar-refractivity contribution in [2.75, 3.05) is 11.9 Å². The lowest BCUT2D eigenvalue weighted by Gasteiger charge is -2.15. The van der Waals surface area contributed by atoms with Gasteiger partial charge < -0.3 is 10.1 Å². The summed E-state index contributed by atoms with van der Waals surface area (Å²) in [6.45, 7) is 3.64. The number of nitrogens with one attached hydrogen (secondary N) is 1. The van der Waals surface area contributed by atoms with Crippen LogP contribution in [0.2, 0.25) is 10.0 Å². The Morgan fingerprint density at radius 2 is 1.90 bits per heavy atom. The lowest BCUT2D eigenvalue weighted by molar-refractivity contribution is -0.143. The van der Waals surface area contributed by atoms with E-state index in [9.17, 15) is 18.0 Å². The van der Waals surface area contributed by atoms with E-state index in [0.29, 0.717) is 16.6 Å². The number of carbonyl (C=O) groups is 1. The quantitative estimate of drug-likeness (QED) is 0.510. The molecule has 0 fully saturated rings. The molecular formula is C19H16Cl2F3N3O2. The molecule has 5 nitrogen and oxygen atoms in total. The summed E-state index contributed by atoms with van der Waals surface area (Å²) in [4.78, 5) is 11.8. The summed E-state index contributed by atoms with van der Waals surface area (Å²) in [6.07, 6.45) is -3.03. The second-order valence-corrected chi connectivity index (χ2v) is 7.05. The Morgan fingerprint density at radius 1 is 1.24 bits per heavy atom. The lowest BCUT2D eigenvalue weighted by Crippen LogP contribution is -2.28. The molecular weight excluding hydrogens is 430 g/mol. The van der Waals surface area contributed by atoms with E-state index in [0.717, 1.165) is 12.1 Å².